The predicted molar refractivity (Wildman–Crippen MR) is 69.8 cm³/mol. The van der Waals surface area contributed by atoms with Crippen LogP contribution in [-0.4, -0.2) is 60.0 Å². The van der Waals surface area contributed by atoms with Gasteiger partial charge in [-0.2, -0.15) is 21.6 Å². The van der Waals surface area contributed by atoms with Crippen LogP contribution in [0.1, 0.15) is 19.8 Å². The second kappa shape index (κ2) is 6.59. The molecule has 1 heterocycles. The molecule has 0 aromatic rings. The molecular weight excluding hydrogens is 370 g/mol. The summed E-state index contributed by atoms with van der Waals surface area (Å²) in [5, 5.41) is -5.88. The van der Waals surface area contributed by atoms with Gasteiger partial charge in [-0.3, -0.25) is 4.55 Å². The van der Waals surface area contributed by atoms with Gasteiger partial charge >= 0.3 is 27.6 Å². The van der Waals surface area contributed by atoms with E-state index >= 15 is 0 Å². The number of halogens is 6. The van der Waals surface area contributed by atoms with Crippen LogP contribution < -0.4 is 0 Å². The Morgan fingerprint density at radius 1 is 1.17 bits per heavy atom. The summed E-state index contributed by atoms with van der Waals surface area (Å²) in [7, 11) is -5.59. The Bertz CT molecular complexity index is 582. The zero-order valence-electron chi connectivity index (χ0n) is 12.6. The maximum atomic E-state index is 14.8. The highest BCUT2D eigenvalue weighted by atomic mass is 32.2. The summed E-state index contributed by atoms with van der Waals surface area (Å²) < 4.78 is 113. The summed E-state index contributed by atoms with van der Waals surface area (Å²) in [5.41, 5.74) is 0. The summed E-state index contributed by atoms with van der Waals surface area (Å²) in [6.07, 6.45) is -5.59. The number of rotatable bonds is 7. The molecule has 24 heavy (non-hydrogen) atoms. The summed E-state index contributed by atoms with van der Waals surface area (Å²) in [4.78, 5) is 1.34. The van der Waals surface area contributed by atoms with Gasteiger partial charge in [0.05, 0.1) is 0 Å². The average molecular weight is 386 g/mol. The van der Waals surface area contributed by atoms with Crippen molar-refractivity contribution < 1.29 is 44.0 Å². The fourth-order valence-electron chi connectivity index (χ4n) is 2.21. The van der Waals surface area contributed by atoms with E-state index < -0.39 is 33.8 Å². The zero-order valence-corrected chi connectivity index (χ0v) is 13.4. The minimum absolute atomic E-state index is 0.142. The standard InChI is InChI=1S/C11H16F6N2O4S/c1-3-4-5-19-7-6-18(2)8(19)9(12,23-11(15,16)17)10(13,14)24(20,21)22/h6-8H,3-5H2,1-2H3,(H,20,21,22). The van der Waals surface area contributed by atoms with Crippen molar-refractivity contribution in [3.05, 3.63) is 12.4 Å². The molecule has 1 aliphatic heterocycles. The van der Waals surface area contributed by atoms with E-state index in [2.05, 4.69) is 4.74 Å². The van der Waals surface area contributed by atoms with E-state index in [9.17, 15) is 34.8 Å². The Morgan fingerprint density at radius 2 is 1.71 bits per heavy atom. The number of alkyl halides is 6. The molecular formula is C11H16F6N2O4S. The lowest BCUT2D eigenvalue weighted by Crippen LogP contribution is -2.66. The Morgan fingerprint density at radius 3 is 2.12 bits per heavy atom. The summed E-state index contributed by atoms with van der Waals surface area (Å²) in [6, 6.07) is 0. The van der Waals surface area contributed by atoms with Gasteiger partial charge in [0.25, 0.3) is 0 Å². The minimum Gasteiger partial charge on any atom is -0.354 e. The van der Waals surface area contributed by atoms with Gasteiger partial charge in [-0.05, 0) is 6.42 Å². The number of ether oxygens (including phenoxy) is 1. The topological polar surface area (TPSA) is 70.1 Å². The van der Waals surface area contributed by atoms with Gasteiger partial charge in [0.1, 0.15) is 0 Å². The third-order valence-electron chi connectivity index (χ3n) is 3.28. The quantitative estimate of drug-likeness (QED) is 0.536. The molecule has 0 saturated carbocycles. The zero-order chi connectivity index (χ0) is 19.0. The van der Waals surface area contributed by atoms with Gasteiger partial charge < -0.3 is 9.80 Å². The molecule has 1 N–H and O–H groups in total. The highest BCUT2D eigenvalue weighted by molar-refractivity contribution is 7.87. The minimum atomic E-state index is -6.55. The van der Waals surface area contributed by atoms with Crippen LogP contribution in [-0.2, 0) is 14.9 Å². The molecule has 0 amide bonds. The molecule has 0 aromatic heterocycles. The van der Waals surface area contributed by atoms with Crippen molar-refractivity contribution in [2.24, 2.45) is 0 Å². The van der Waals surface area contributed by atoms with E-state index in [0.717, 1.165) is 24.3 Å². The van der Waals surface area contributed by atoms with E-state index in [-0.39, 0.29) is 6.54 Å². The average Bonchev–Trinajstić information content (AvgIpc) is 2.74. The molecule has 0 radical (unpaired) electrons. The second-order valence-electron chi connectivity index (χ2n) is 5.11. The second-order valence-corrected chi connectivity index (χ2v) is 6.58. The van der Waals surface area contributed by atoms with Gasteiger partial charge in [0, 0.05) is 26.0 Å². The van der Waals surface area contributed by atoms with Crippen LogP contribution in [0.4, 0.5) is 26.3 Å². The van der Waals surface area contributed by atoms with Gasteiger partial charge in [-0.25, -0.2) is 4.74 Å². The van der Waals surface area contributed by atoms with Crippen molar-refractivity contribution in [1.29, 1.82) is 0 Å². The van der Waals surface area contributed by atoms with E-state index in [0.29, 0.717) is 17.7 Å². The molecule has 6 nitrogen and oxygen atoms in total. The number of hydrogen-bond donors (Lipinski definition) is 1. The van der Waals surface area contributed by atoms with Crippen LogP contribution in [0.15, 0.2) is 12.4 Å². The molecule has 1 rings (SSSR count). The largest absolute Gasteiger partial charge is 0.525 e. The van der Waals surface area contributed by atoms with Crippen molar-refractivity contribution in [1.82, 2.24) is 9.80 Å². The van der Waals surface area contributed by atoms with Crippen molar-refractivity contribution >= 4 is 10.1 Å². The smallest absolute Gasteiger partial charge is 0.354 e. The van der Waals surface area contributed by atoms with Gasteiger partial charge in [0.2, 0.25) is 0 Å². The Kier molecular flexibility index (Phi) is 5.72. The van der Waals surface area contributed by atoms with Gasteiger partial charge in [-0.1, -0.05) is 13.3 Å². The van der Waals surface area contributed by atoms with Crippen LogP contribution in [0.25, 0.3) is 0 Å². The molecule has 0 spiro atoms. The highest BCUT2D eigenvalue weighted by Crippen LogP contribution is 2.47. The van der Waals surface area contributed by atoms with Crippen LogP contribution >= 0.6 is 0 Å². The van der Waals surface area contributed by atoms with E-state index in [1.807, 2.05) is 0 Å². The van der Waals surface area contributed by atoms with Crippen molar-refractivity contribution in [3.8, 4) is 0 Å². The highest BCUT2D eigenvalue weighted by Gasteiger charge is 2.74. The third-order valence-corrected chi connectivity index (χ3v) is 4.21. The van der Waals surface area contributed by atoms with Gasteiger partial charge in [-0.15, -0.1) is 13.2 Å². The molecule has 13 heteroatoms. The maximum Gasteiger partial charge on any atom is 0.525 e. The monoisotopic (exact) mass is 386 g/mol. The first-order valence-electron chi connectivity index (χ1n) is 6.64. The molecule has 2 unspecified atom stereocenters. The molecule has 0 bridgehead atoms. The lowest BCUT2D eigenvalue weighted by Gasteiger charge is -2.42. The van der Waals surface area contributed by atoms with Crippen LogP contribution in [0.5, 0.6) is 0 Å². The number of unbranched alkanes of at least 4 members (excludes halogenated alkanes) is 1. The molecule has 0 aromatic carbocycles. The lowest BCUT2D eigenvalue weighted by atomic mass is 10.2. The number of nitrogens with zero attached hydrogens (tertiary/aromatic N) is 2. The Balaban J connectivity index is 3.42. The Labute approximate surface area is 134 Å². The number of likely N-dealkylation sites (N-methyl/N-ethyl adjacent to an activating group) is 1. The van der Waals surface area contributed by atoms with E-state index in [4.69, 9.17) is 4.55 Å². The summed E-state index contributed by atoms with van der Waals surface area (Å²) >= 11 is 0. The molecule has 1 aliphatic rings. The van der Waals surface area contributed by atoms with Crippen molar-refractivity contribution in [3.63, 3.8) is 0 Å². The van der Waals surface area contributed by atoms with Crippen LogP contribution in [0, 0.1) is 0 Å². The van der Waals surface area contributed by atoms with Crippen LogP contribution in [0.3, 0.4) is 0 Å². The normalized spacial score (nSPS) is 22.1. The van der Waals surface area contributed by atoms with Crippen molar-refractivity contribution in [2.45, 2.75) is 43.4 Å². The van der Waals surface area contributed by atoms with E-state index in [1.165, 1.54) is 0 Å². The van der Waals surface area contributed by atoms with Gasteiger partial charge in [0.15, 0.2) is 6.17 Å². The maximum absolute atomic E-state index is 14.8. The SMILES string of the molecule is CCCCN1C=CN(C)C1C(F)(OC(F)(F)F)C(F)(F)S(=O)(=O)O. The number of hydrogen-bond acceptors (Lipinski definition) is 5. The predicted octanol–water partition coefficient (Wildman–Crippen LogP) is 2.51. The molecule has 0 fully saturated rings. The molecule has 2 atom stereocenters. The lowest BCUT2D eigenvalue weighted by molar-refractivity contribution is -0.432. The molecule has 142 valence electrons. The summed E-state index contributed by atoms with van der Waals surface area (Å²) in [5.74, 6) is -5.12. The Hall–Kier alpha value is -1.21. The van der Waals surface area contributed by atoms with E-state index in [1.54, 1.807) is 6.92 Å². The first-order valence-corrected chi connectivity index (χ1v) is 8.08. The fourth-order valence-corrected chi connectivity index (χ4v) is 2.71. The first-order chi connectivity index (χ1) is 10.7. The molecule has 0 aliphatic carbocycles. The first kappa shape index (κ1) is 20.8. The van der Waals surface area contributed by atoms with Crippen molar-refractivity contribution in [2.75, 3.05) is 13.6 Å². The third kappa shape index (κ3) is 3.88. The van der Waals surface area contributed by atoms with Crippen LogP contribution in [0.2, 0.25) is 0 Å². The fraction of sp³-hybridized carbons (Fsp3) is 0.818. The summed E-state index contributed by atoms with van der Waals surface area (Å²) in [6.45, 7) is 1.55. The molecule has 0 saturated heterocycles.